The summed E-state index contributed by atoms with van der Waals surface area (Å²) in [7, 11) is 0. The highest BCUT2D eigenvalue weighted by molar-refractivity contribution is 9.10. The fourth-order valence-electron chi connectivity index (χ4n) is 0.783. The molecule has 3 nitrogen and oxygen atoms in total. The Morgan fingerprint density at radius 3 is 2.29 bits per heavy atom. The summed E-state index contributed by atoms with van der Waals surface area (Å²) >= 11 is 3.30. The van der Waals surface area contributed by atoms with E-state index < -0.39 is 5.92 Å². The molecule has 0 saturated carbocycles. The first-order valence-corrected chi connectivity index (χ1v) is 4.64. The van der Waals surface area contributed by atoms with Gasteiger partial charge in [0.25, 0.3) is 0 Å². The van der Waals surface area contributed by atoms with Crippen LogP contribution >= 0.6 is 15.9 Å². The van der Waals surface area contributed by atoms with Crippen LogP contribution in [-0.2, 0) is 0 Å². The van der Waals surface area contributed by atoms with Crippen LogP contribution in [0, 0.1) is 28.6 Å². The highest BCUT2D eigenvalue weighted by Gasteiger charge is 1.98. The summed E-state index contributed by atoms with van der Waals surface area (Å²) in [5.41, 5.74) is 0.726. The second-order valence-electron chi connectivity index (χ2n) is 2.49. The third-order valence-corrected chi connectivity index (χ3v) is 2.01. The van der Waals surface area contributed by atoms with Crippen molar-refractivity contribution in [1.82, 2.24) is 0 Å². The molecule has 0 unspecified atom stereocenters. The molecule has 0 aliphatic heterocycles. The molecule has 68 valence electrons. The molecule has 4 heteroatoms. The van der Waals surface area contributed by atoms with E-state index in [1.807, 2.05) is 24.3 Å². The van der Waals surface area contributed by atoms with Crippen molar-refractivity contribution in [3.63, 3.8) is 0 Å². The van der Waals surface area contributed by atoms with Crippen molar-refractivity contribution in [3.8, 4) is 12.1 Å². The van der Waals surface area contributed by atoms with Gasteiger partial charge in [0.2, 0.25) is 0 Å². The summed E-state index contributed by atoms with van der Waals surface area (Å²) in [4.78, 5) is 4.00. The van der Waals surface area contributed by atoms with Crippen molar-refractivity contribution in [2.75, 3.05) is 0 Å². The van der Waals surface area contributed by atoms with Gasteiger partial charge in [0.05, 0.1) is 17.8 Å². The van der Waals surface area contributed by atoms with Gasteiger partial charge in [-0.05, 0) is 24.3 Å². The van der Waals surface area contributed by atoms with Crippen molar-refractivity contribution in [2.45, 2.75) is 0 Å². The average molecular weight is 248 g/mol. The van der Waals surface area contributed by atoms with Crippen LogP contribution in [0.3, 0.4) is 0 Å². The van der Waals surface area contributed by atoms with E-state index >= 15 is 0 Å². The lowest BCUT2D eigenvalue weighted by molar-refractivity contribution is 1.17. The van der Waals surface area contributed by atoms with E-state index in [0.29, 0.717) is 0 Å². The van der Waals surface area contributed by atoms with Gasteiger partial charge in [-0.3, -0.25) is 4.99 Å². The van der Waals surface area contributed by atoms with Crippen molar-refractivity contribution >= 4 is 27.8 Å². The Morgan fingerprint density at radius 1 is 1.21 bits per heavy atom. The number of benzene rings is 1. The normalized spacial score (nSPS) is 10.0. The maximum atomic E-state index is 8.48. The van der Waals surface area contributed by atoms with Gasteiger partial charge in [0.1, 0.15) is 0 Å². The number of hydrogen-bond acceptors (Lipinski definition) is 3. The van der Waals surface area contributed by atoms with Crippen molar-refractivity contribution < 1.29 is 0 Å². The Bertz CT molecular complexity index is 394. The van der Waals surface area contributed by atoms with Gasteiger partial charge in [0.15, 0.2) is 5.92 Å². The lowest BCUT2D eigenvalue weighted by Crippen LogP contribution is -1.92. The molecule has 0 aliphatic carbocycles. The second-order valence-corrected chi connectivity index (χ2v) is 3.41. The minimum absolute atomic E-state index is 0.726. The number of rotatable bonds is 2. The van der Waals surface area contributed by atoms with Crippen LogP contribution in [0.2, 0.25) is 0 Å². The van der Waals surface area contributed by atoms with E-state index in [1.165, 1.54) is 6.21 Å². The summed E-state index contributed by atoms with van der Waals surface area (Å²) in [6, 6.07) is 10.9. The van der Waals surface area contributed by atoms with Crippen molar-refractivity contribution in [2.24, 2.45) is 10.9 Å². The van der Waals surface area contributed by atoms with Gasteiger partial charge in [-0.15, -0.1) is 0 Å². The van der Waals surface area contributed by atoms with Gasteiger partial charge in [0, 0.05) is 10.7 Å². The first-order chi connectivity index (χ1) is 6.76. The van der Waals surface area contributed by atoms with Crippen LogP contribution in [0.4, 0.5) is 5.69 Å². The number of aliphatic imine (C=N–C) groups is 1. The van der Waals surface area contributed by atoms with Crippen LogP contribution in [0.15, 0.2) is 33.7 Å². The molecule has 1 aromatic rings. The van der Waals surface area contributed by atoms with Gasteiger partial charge in [-0.2, -0.15) is 10.5 Å². The molecular formula is C10H6BrN3. The predicted molar refractivity (Wildman–Crippen MR) is 57.0 cm³/mol. The van der Waals surface area contributed by atoms with E-state index in [2.05, 4.69) is 20.9 Å². The van der Waals surface area contributed by atoms with Gasteiger partial charge in [-0.25, -0.2) is 0 Å². The molecule has 0 atom stereocenters. The summed E-state index contributed by atoms with van der Waals surface area (Å²) in [6.07, 6.45) is 1.34. The first-order valence-electron chi connectivity index (χ1n) is 3.85. The fourth-order valence-corrected chi connectivity index (χ4v) is 1.05. The zero-order chi connectivity index (χ0) is 10.4. The van der Waals surface area contributed by atoms with E-state index in [-0.39, 0.29) is 0 Å². The van der Waals surface area contributed by atoms with E-state index in [9.17, 15) is 0 Å². The van der Waals surface area contributed by atoms with E-state index in [1.54, 1.807) is 12.1 Å². The molecule has 1 rings (SSSR count). The maximum absolute atomic E-state index is 8.48. The third kappa shape index (κ3) is 3.01. The molecule has 0 N–H and O–H groups in total. The van der Waals surface area contributed by atoms with Crippen molar-refractivity contribution in [1.29, 1.82) is 10.5 Å². The molecule has 0 amide bonds. The molecule has 1 aromatic carbocycles. The number of nitriles is 2. The maximum Gasteiger partial charge on any atom is 0.168 e. The molecule has 14 heavy (non-hydrogen) atoms. The predicted octanol–water partition coefficient (Wildman–Crippen LogP) is 2.81. The van der Waals surface area contributed by atoms with Crippen LogP contribution in [0.1, 0.15) is 0 Å². The Balaban J connectivity index is 2.75. The zero-order valence-electron chi connectivity index (χ0n) is 7.18. The lowest BCUT2D eigenvalue weighted by atomic mass is 10.2. The number of hydrogen-bond donors (Lipinski definition) is 0. The van der Waals surface area contributed by atoms with E-state index in [4.69, 9.17) is 10.5 Å². The van der Waals surface area contributed by atoms with E-state index in [0.717, 1.165) is 10.2 Å². The molecule has 0 aromatic heterocycles. The Hall–Kier alpha value is -1.65. The smallest absolute Gasteiger partial charge is 0.168 e. The standard InChI is InChI=1S/C10H6BrN3/c11-9-1-3-10(4-2-9)14-7-8(5-12)6-13/h1-4,7-8H. The van der Waals surface area contributed by atoms with Gasteiger partial charge in [-0.1, -0.05) is 15.9 Å². The molecule has 0 bridgehead atoms. The molecule has 0 spiro atoms. The van der Waals surface area contributed by atoms with Crippen LogP contribution in [-0.4, -0.2) is 6.21 Å². The number of nitrogens with zero attached hydrogens (tertiary/aromatic N) is 3. The lowest BCUT2D eigenvalue weighted by Gasteiger charge is -1.93. The van der Waals surface area contributed by atoms with Crippen LogP contribution in [0.25, 0.3) is 0 Å². The van der Waals surface area contributed by atoms with Gasteiger partial charge < -0.3 is 0 Å². The zero-order valence-corrected chi connectivity index (χ0v) is 8.77. The second kappa shape index (κ2) is 5.16. The topological polar surface area (TPSA) is 59.9 Å². The molecular weight excluding hydrogens is 242 g/mol. The highest BCUT2D eigenvalue weighted by Crippen LogP contribution is 2.16. The highest BCUT2D eigenvalue weighted by atomic mass is 79.9. The minimum Gasteiger partial charge on any atom is -0.259 e. The largest absolute Gasteiger partial charge is 0.259 e. The van der Waals surface area contributed by atoms with Crippen LogP contribution < -0.4 is 0 Å². The summed E-state index contributed by atoms with van der Waals surface area (Å²) < 4.78 is 0.966. The first kappa shape index (κ1) is 10.4. The minimum atomic E-state index is -0.779. The van der Waals surface area contributed by atoms with Crippen molar-refractivity contribution in [3.05, 3.63) is 28.7 Å². The van der Waals surface area contributed by atoms with Crippen LogP contribution in [0.5, 0.6) is 0 Å². The Kier molecular flexibility index (Phi) is 3.84. The summed E-state index contributed by atoms with van der Waals surface area (Å²) in [5.74, 6) is -0.779. The molecule has 0 saturated heterocycles. The SMILES string of the molecule is N#CC(C#N)C=Nc1ccc(Br)cc1. The Morgan fingerprint density at radius 2 is 1.79 bits per heavy atom. The fraction of sp³-hybridized carbons (Fsp3) is 0.100. The summed E-state index contributed by atoms with van der Waals surface area (Å²) in [6.45, 7) is 0. The molecule has 0 heterocycles. The monoisotopic (exact) mass is 247 g/mol. The number of halogens is 1. The molecule has 0 radical (unpaired) electrons. The van der Waals surface area contributed by atoms with Gasteiger partial charge >= 0.3 is 0 Å². The average Bonchev–Trinajstić information content (AvgIpc) is 2.22. The quantitative estimate of drug-likeness (QED) is 0.755. The molecule has 0 aliphatic rings. The molecule has 0 fully saturated rings. The third-order valence-electron chi connectivity index (χ3n) is 1.48. The Labute approximate surface area is 90.4 Å². The summed E-state index contributed by atoms with van der Waals surface area (Å²) in [5, 5.41) is 17.0.